The number of benzene rings is 1. The molecule has 1 aromatic rings. The maximum absolute atomic E-state index is 12.1. The number of hydrogen-bond donors (Lipinski definition) is 2. The van der Waals surface area contributed by atoms with E-state index in [9.17, 15) is 9.59 Å². The number of nitrogens with one attached hydrogen (secondary N) is 2. The Hall–Kier alpha value is -1.92. The molecule has 0 spiro atoms. The van der Waals surface area contributed by atoms with Crippen molar-refractivity contribution >= 4 is 17.5 Å². The first-order valence-corrected chi connectivity index (χ1v) is 8.33. The van der Waals surface area contributed by atoms with Crippen molar-refractivity contribution in [2.45, 2.75) is 33.8 Å². The van der Waals surface area contributed by atoms with Crippen molar-refractivity contribution in [2.75, 3.05) is 38.1 Å². The summed E-state index contributed by atoms with van der Waals surface area (Å²) in [7, 11) is 0. The summed E-state index contributed by atoms with van der Waals surface area (Å²) in [6, 6.07) is 4.06. The van der Waals surface area contributed by atoms with Gasteiger partial charge in [-0.1, -0.05) is 17.7 Å². The van der Waals surface area contributed by atoms with Crippen LogP contribution in [0.2, 0.25) is 0 Å². The number of hydrogen-bond acceptors (Lipinski definition) is 4. The maximum Gasteiger partial charge on any atom is 0.243 e. The number of anilines is 1. The van der Waals surface area contributed by atoms with E-state index in [1.165, 1.54) is 0 Å². The minimum absolute atomic E-state index is 0.0223. The quantitative estimate of drug-likeness (QED) is 0.854. The number of rotatable bonds is 5. The minimum Gasteiger partial charge on any atom is -0.376 e. The number of carbonyl (C=O) groups is 2. The first-order valence-electron chi connectivity index (χ1n) is 8.33. The monoisotopic (exact) mass is 333 g/mol. The highest BCUT2D eigenvalue weighted by Crippen LogP contribution is 2.21. The molecule has 6 heteroatoms. The highest BCUT2D eigenvalue weighted by molar-refractivity contribution is 5.96. The van der Waals surface area contributed by atoms with Crippen molar-refractivity contribution in [1.29, 1.82) is 0 Å². The molecule has 1 aromatic carbocycles. The molecule has 0 radical (unpaired) electrons. The van der Waals surface area contributed by atoms with E-state index in [1.807, 2.05) is 44.7 Å². The van der Waals surface area contributed by atoms with E-state index in [0.717, 1.165) is 35.5 Å². The second-order valence-corrected chi connectivity index (χ2v) is 6.52. The minimum atomic E-state index is -0.214. The lowest BCUT2D eigenvalue weighted by atomic mass is 10.1. The molecule has 2 amide bonds. The van der Waals surface area contributed by atoms with Crippen LogP contribution in [0.25, 0.3) is 0 Å². The van der Waals surface area contributed by atoms with Crippen LogP contribution in [0.4, 0.5) is 5.69 Å². The molecule has 1 unspecified atom stereocenters. The van der Waals surface area contributed by atoms with Crippen molar-refractivity contribution in [2.24, 2.45) is 0 Å². The Morgan fingerprint density at radius 2 is 1.88 bits per heavy atom. The summed E-state index contributed by atoms with van der Waals surface area (Å²) in [5.74, 6) is -0.356. The van der Waals surface area contributed by atoms with Gasteiger partial charge in [-0.3, -0.25) is 14.5 Å². The summed E-state index contributed by atoms with van der Waals surface area (Å²) in [6.45, 7) is 10.3. The molecule has 2 rings (SSSR count). The van der Waals surface area contributed by atoms with Crippen LogP contribution in [0.1, 0.15) is 23.6 Å². The number of ether oxygens (including phenoxy) is 1. The lowest BCUT2D eigenvalue weighted by Gasteiger charge is -2.30. The van der Waals surface area contributed by atoms with Gasteiger partial charge >= 0.3 is 0 Å². The van der Waals surface area contributed by atoms with Crippen LogP contribution in [0.5, 0.6) is 0 Å². The Morgan fingerprint density at radius 3 is 2.50 bits per heavy atom. The lowest BCUT2D eigenvalue weighted by Crippen LogP contribution is -2.47. The van der Waals surface area contributed by atoms with Gasteiger partial charge in [-0.25, -0.2) is 0 Å². The zero-order valence-corrected chi connectivity index (χ0v) is 14.9. The van der Waals surface area contributed by atoms with Gasteiger partial charge in [-0.05, 0) is 38.8 Å². The number of morpholine rings is 1. The van der Waals surface area contributed by atoms with Crippen LogP contribution in [0, 0.1) is 20.8 Å². The average molecular weight is 333 g/mol. The summed E-state index contributed by atoms with van der Waals surface area (Å²) in [4.78, 5) is 26.1. The maximum atomic E-state index is 12.1. The molecule has 0 aromatic heterocycles. The van der Waals surface area contributed by atoms with E-state index in [1.54, 1.807) is 0 Å². The van der Waals surface area contributed by atoms with E-state index in [4.69, 9.17) is 4.74 Å². The molecule has 1 fully saturated rings. The molecule has 1 heterocycles. The molecule has 0 saturated carbocycles. The van der Waals surface area contributed by atoms with E-state index >= 15 is 0 Å². The Labute approximate surface area is 143 Å². The number of nitrogens with zero attached hydrogens (tertiary/aromatic N) is 1. The Morgan fingerprint density at radius 1 is 1.21 bits per heavy atom. The number of carbonyl (C=O) groups excluding carboxylic acids is 2. The molecule has 0 aliphatic carbocycles. The molecule has 6 nitrogen and oxygen atoms in total. The Balaban J connectivity index is 1.80. The average Bonchev–Trinajstić information content (AvgIpc) is 2.49. The van der Waals surface area contributed by atoms with Gasteiger partial charge in [0.1, 0.15) is 0 Å². The first kappa shape index (κ1) is 18.4. The fourth-order valence-corrected chi connectivity index (χ4v) is 3.03. The third-order valence-electron chi connectivity index (χ3n) is 4.08. The molecule has 1 atom stereocenters. The van der Waals surface area contributed by atoms with Crippen molar-refractivity contribution < 1.29 is 14.3 Å². The summed E-state index contributed by atoms with van der Waals surface area (Å²) in [6.07, 6.45) is 0.141. The first-order chi connectivity index (χ1) is 11.3. The fourth-order valence-electron chi connectivity index (χ4n) is 3.03. The van der Waals surface area contributed by atoms with Gasteiger partial charge in [0.25, 0.3) is 0 Å². The summed E-state index contributed by atoms with van der Waals surface area (Å²) in [5.41, 5.74) is 4.03. The highest BCUT2D eigenvalue weighted by Gasteiger charge is 2.19. The second-order valence-electron chi connectivity index (χ2n) is 6.52. The standard InChI is InChI=1S/C18H27N3O3/c1-12-7-13(2)18(14(3)8-12)20-16(22)9-19-17(23)11-21-5-6-24-15(4)10-21/h7-8,15H,5-6,9-11H2,1-4H3,(H,19,23)(H,20,22). The van der Waals surface area contributed by atoms with Gasteiger partial charge in [-0.15, -0.1) is 0 Å². The summed E-state index contributed by atoms with van der Waals surface area (Å²) >= 11 is 0. The van der Waals surface area contributed by atoms with Gasteiger partial charge in [0.15, 0.2) is 0 Å². The lowest BCUT2D eigenvalue weighted by molar-refractivity contribution is -0.126. The SMILES string of the molecule is Cc1cc(C)c(NC(=O)CNC(=O)CN2CCOC(C)C2)c(C)c1. The zero-order chi connectivity index (χ0) is 17.7. The van der Waals surface area contributed by atoms with Crippen LogP contribution in [-0.4, -0.2) is 55.6 Å². The fraction of sp³-hybridized carbons (Fsp3) is 0.556. The number of aryl methyl sites for hydroxylation is 3. The van der Waals surface area contributed by atoms with Crippen molar-refractivity contribution in [3.05, 3.63) is 28.8 Å². The normalized spacial score (nSPS) is 18.2. The van der Waals surface area contributed by atoms with E-state index < -0.39 is 0 Å². The predicted molar refractivity (Wildman–Crippen MR) is 94.1 cm³/mol. The van der Waals surface area contributed by atoms with Crippen LogP contribution >= 0.6 is 0 Å². The third kappa shape index (κ3) is 5.32. The van der Waals surface area contributed by atoms with E-state index in [0.29, 0.717) is 13.2 Å². The third-order valence-corrected chi connectivity index (χ3v) is 4.08. The molecule has 1 aliphatic heterocycles. The van der Waals surface area contributed by atoms with Gasteiger partial charge < -0.3 is 15.4 Å². The van der Waals surface area contributed by atoms with Gasteiger partial charge in [0, 0.05) is 18.8 Å². The molecule has 1 aliphatic rings. The molecular weight excluding hydrogens is 306 g/mol. The van der Waals surface area contributed by atoms with Crippen LogP contribution in [-0.2, 0) is 14.3 Å². The molecular formula is C18H27N3O3. The molecule has 1 saturated heterocycles. The molecule has 0 bridgehead atoms. The molecule has 24 heavy (non-hydrogen) atoms. The van der Waals surface area contributed by atoms with E-state index in [2.05, 4.69) is 10.6 Å². The Kier molecular flexibility index (Phi) is 6.34. The molecule has 2 N–H and O–H groups in total. The Bertz CT molecular complexity index is 593. The second kappa shape index (κ2) is 8.26. The molecule has 132 valence electrons. The smallest absolute Gasteiger partial charge is 0.243 e. The van der Waals surface area contributed by atoms with Crippen molar-refractivity contribution in [3.8, 4) is 0 Å². The summed E-state index contributed by atoms with van der Waals surface area (Å²) in [5, 5.41) is 5.57. The largest absolute Gasteiger partial charge is 0.376 e. The summed E-state index contributed by atoms with van der Waals surface area (Å²) < 4.78 is 5.45. The zero-order valence-electron chi connectivity index (χ0n) is 14.9. The topological polar surface area (TPSA) is 70.7 Å². The van der Waals surface area contributed by atoms with Gasteiger partial charge in [0.2, 0.25) is 11.8 Å². The van der Waals surface area contributed by atoms with Crippen molar-refractivity contribution in [1.82, 2.24) is 10.2 Å². The van der Waals surface area contributed by atoms with Crippen LogP contribution in [0.3, 0.4) is 0 Å². The van der Waals surface area contributed by atoms with Crippen LogP contribution in [0.15, 0.2) is 12.1 Å². The number of amides is 2. The van der Waals surface area contributed by atoms with Crippen molar-refractivity contribution in [3.63, 3.8) is 0 Å². The van der Waals surface area contributed by atoms with Gasteiger partial charge in [0.05, 0.1) is 25.8 Å². The van der Waals surface area contributed by atoms with Gasteiger partial charge in [-0.2, -0.15) is 0 Å². The highest BCUT2D eigenvalue weighted by atomic mass is 16.5. The van der Waals surface area contributed by atoms with Crippen LogP contribution < -0.4 is 10.6 Å². The predicted octanol–water partition coefficient (Wildman–Crippen LogP) is 1.39. The van der Waals surface area contributed by atoms with E-state index in [-0.39, 0.29) is 24.5 Å².